The van der Waals surface area contributed by atoms with Gasteiger partial charge in [0.15, 0.2) is 0 Å². The van der Waals surface area contributed by atoms with Crippen LogP contribution in [0.15, 0.2) is 0 Å². The first-order chi connectivity index (χ1) is 10.3. The van der Waals surface area contributed by atoms with Gasteiger partial charge in [0.2, 0.25) is 0 Å². The summed E-state index contributed by atoms with van der Waals surface area (Å²) < 4.78 is 0. The lowest BCUT2D eigenvalue weighted by Crippen LogP contribution is -2.56. The van der Waals surface area contributed by atoms with Crippen molar-refractivity contribution in [3.63, 3.8) is 0 Å². The van der Waals surface area contributed by atoms with Crippen molar-refractivity contribution in [3.8, 4) is 0 Å². The summed E-state index contributed by atoms with van der Waals surface area (Å²) in [4.78, 5) is 0. The van der Waals surface area contributed by atoms with E-state index in [0.717, 1.165) is 42.9 Å². The van der Waals surface area contributed by atoms with Gasteiger partial charge in [0.25, 0.3) is 0 Å². The molecule has 126 valence electrons. The first kappa shape index (κ1) is 15.4. The third-order valence-electron chi connectivity index (χ3n) is 9.20. The van der Waals surface area contributed by atoms with Crippen LogP contribution in [0, 0.1) is 34.5 Å². The highest BCUT2D eigenvalue weighted by molar-refractivity contribution is 5.12. The van der Waals surface area contributed by atoms with Gasteiger partial charge in [-0.05, 0) is 99.2 Å². The molecule has 0 radical (unpaired) electrons. The molecule has 4 rings (SSSR count). The zero-order valence-corrected chi connectivity index (χ0v) is 14.6. The van der Waals surface area contributed by atoms with Gasteiger partial charge in [-0.2, -0.15) is 0 Å². The third kappa shape index (κ3) is 1.86. The molecule has 0 aromatic carbocycles. The fourth-order valence-corrected chi connectivity index (χ4v) is 7.48. The van der Waals surface area contributed by atoms with Crippen molar-refractivity contribution >= 4 is 0 Å². The highest BCUT2D eigenvalue weighted by Gasteiger charge is 2.63. The van der Waals surface area contributed by atoms with Crippen molar-refractivity contribution in [2.24, 2.45) is 34.5 Å². The third-order valence-corrected chi connectivity index (χ3v) is 9.20. The molecular formula is C20H34O2. The Morgan fingerprint density at radius 1 is 0.818 bits per heavy atom. The average Bonchev–Trinajstić information content (AvgIpc) is 2.70. The summed E-state index contributed by atoms with van der Waals surface area (Å²) in [6, 6.07) is 0. The number of aliphatic hydroxyl groups excluding tert-OH is 1. The summed E-state index contributed by atoms with van der Waals surface area (Å²) in [5.74, 6) is 3.13. The lowest BCUT2D eigenvalue weighted by molar-refractivity contribution is -0.153. The van der Waals surface area contributed by atoms with Gasteiger partial charge < -0.3 is 10.2 Å². The van der Waals surface area contributed by atoms with Crippen LogP contribution in [0.2, 0.25) is 0 Å². The Balaban J connectivity index is 1.64. The molecule has 2 heteroatoms. The van der Waals surface area contributed by atoms with E-state index in [2.05, 4.69) is 20.8 Å². The number of hydrogen-bond acceptors (Lipinski definition) is 2. The molecule has 4 saturated carbocycles. The van der Waals surface area contributed by atoms with Crippen LogP contribution in [0.3, 0.4) is 0 Å². The van der Waals surface area contributed by atoms with E-state index in [9.17, 15) is 10.2 Å². The minimum absolute atomic E-state index is 0.0457. The maximum atomic E-state index is 10.9. The monoisotopic (exact) mass is 306 g/mol. The predicted octanol–water partition coefficient (Wildman–Crippen LogP) is 4.14. The fraction of sp³-hybridized carbons (Fsp3) is 1.00. The summed E-state index contributed by atoms with van der Waals surface area (Å²) >= 11 is 0. The molecule has 0 heterocycles. The Morgan fingerprint density at radius 2 is 1.55 bits per heavy atom. The largest absolute Gasteiger partial charge is 0.393 e. The Labute approximate surface area is 135 Å². The Bertz CT molecular complexity index is 459. The van der Waals surface area contributed by atoms with Crippen LogP contribution < -0.4 is 0 Å². The summed E-state index contributed by atoms with van der Waals surface area (Å²) in [5.41, 5.74) is 0.145. The van der Waals surface area contributed by atoms with Crippen LogP contribution in [0.25, 0.3) is 0 Å². The van der Waals surface area contributed by atoms with E-state index in [1.807, 2.05) is 0 Å². The Kier molecular flexibility index (Phi) is 3.32. The molecule has 0 amide bonds. The Hall–Kier alpha value is -0.0800. The average molecular weight is 306 g/mol. The molecule has 4 aliphatic rings. The summed E-state index contributed by atoms with van der Waals surface area (Å²) in [6.07, 6.45) is 10.6. The van der Waals surface area contributed by atoms with E-state index < -0.39 is 5.60 Å². The molecule has 4 unspecified atom stereocenters. The summed E-state index contributed by atoms with van der Waals surface area (Å²) in [6.45, 7) is 7.01. The standard InChI is InChI=1S/C20H34O2/c1-18-9-6-14(21)12-13(18)4-5-15-16(18)7-10-19(2)17(15)8-11-20(19,3)22/h13-17,21-22H,4-12H2,1-3H3/t13?,14?,15?,16-,17-,18-,19-,20?/m0/s1. The zero-order chi connectivity index (χ0) is 15.8. The van der Waals surface area contributed by atoms with Gasteiger partial charge in [-0.25, -0.2) is 0 Å². The van der Waals surface area contributed by atoms with Crippen LogP contribution in [-0.4, -0.2) is 21.9 Å². The predicted molar refractivity (Wildman–Crippen MR) is 88.4 cm³/mol. The van der Waals surface area contributed by atoms with E-state index in [4.69, 9.17) is 0 Å². The van der Waals surface area contributed by atoms with Gasteiger partial charge in [0, 0.05) is 0 Å². The molecule has 0 aliphatic heterocycles. The number of fused-ring (bicyclic) bond motifs is 5. The van der Waals surface area contributed by atoms with Crippen molar-refractivity contribution < 1.29 is 10.2 Å². The molecule has 2 nitrogen and oxygen atoms in total. The second-order valence-corrected chi connectivity index (χ2v) is 9.85. The van der Waals surface area contributed by atoms with Crippen LogP contribution in [0.1, 0.15) is 78.6 Å². The van der Waals surface area contributed by atoms with Crippen LogP contribution >= 0.6 is 0 Å². The second kappa shape index (κ2) is 4.72. The molecule has 0 aromatic rings. The molecule has 4 fully saturated rings. The SMILES string of the molecule is CC1(O)CC[C@H]2C3CCC4CC(O)CC[C@]4(C)[C@H]3CC[C@@]21C. The van der Waals surface area contributed by atoms with Gasteiger partial charge in [0.05, 0.1) is 11.7 Å². The van der Waals surface area contributed by atoms with Crippen LogP contribution in [0.5, 0.6) is 0 Å². The first-order valence-corrected chi connectivity index (χ1v) is 9.68. The van der Waals surface area contributed by atoms with E-state index in [1.54, 1.807) is 0 Å². The highest BCUT2D eigenvalue weighted by atomic mass is 16.3. The lowest BCUT2D eigenvalue weighted by atomic mass is 9.44. The van der Waals surface area contributed by atoms with Crippen molar-refractivity contribution in [2.75, 3.05) is 0 Å². The second-order valence-electron chi connectivity index (χ2n) is 9.85. The number of aliphatic hydroxyl groups is 2. The molecule has 0 spiro atoms. The van der Waals surface area contributed by atoms with Crippen molar-refractivity contribution in [3.05, 3.63) is 0 Å². The fourth-order valence-electron chi connectivity index (χ4n) is 7.48. The minimum atomic E-state index is -0.455. The van der Waals surface area contributed by atoms with Crippen LogP contribution in [0.4, 0.5) is 0 Å². The zero-order valence-electron chi connectivity index (χ0n) is 14.6. The first-order valence-electron chi connectivity index (χ1n) is 9.68. The van der Waals surface area contributed by atoms with E-state index in [1.165, 1.54) is 38.5 Å². The maximum Gasteiger partial charge on any atom is 0.0675 e. The topological polar surface area (TPSA) is 40.5 Å². The number of hydrogen-bond donors (Lipinski definition) is 2. The lowest BCUT2D eigenvalue weighted by Gasteiger charge is -2.61. The molecule has 0 aromatic heterocycles. The van der Waals surface area contributed by atoms with Crippen molar-refractivity contribution in [1.29, 1.82) is 0 Å². The Morgan fingerprint density at radius 3 is 2.32 bits per heavy atom. The van der Waals surface area contributed by atoms with Crippen LogP contribution in [-0.2, 0) is 0 Å². The molecule has 0 bridgehead atoms. The summed E-state index contributed by atoms with van der Waals surface area (Å²) in [5, 5.41) is 21.0. The van der Waals surface area contributed by atoms with E-state index in [0.29, 0.717) is 5.41 Å². The van der Waals surface area contributed by atoms with Gasteiger partial charge >= 0.3 is 0 Å². The number of rotatable bonds is 0. The van der Waals surface area contributed by atoms with Gasteiger partial charge in [-0.1, -0.05) is 13.8 Å². The maximum absolute atomic E-state index is 10.9. The van der Waals surface area contributed by atoms with Gasteiger partial charge in [0.1, 0.15) is 0 Å². The molecule has 4 aliphatic carbocycles. The molecule has 8 atom stereocenters. The van der Waals surface area contributed by atoms with Crippen molar-refractivity contribution in [2.45, 2.75) is 90.3 Å². The molecule has 0 saturated heterocycles. The molecule has 22 heavy (non-hydrogen) atoms. The highest BCUT2D eigenvalue weighted by Crippen LogP contribution is 2.68. The normalized spacial score (nSPS) is 61.2. The molecule has 2 N–H and O–H groups in total. The summed E-state index contributed by atoms with van der Waals surface area (Å²) in [7, 11) is 0. The quantitative estimate of drug-likeness (QED) is 0.706. The van der Waals surface area contributed by atoms with Crippen molar-refractivity contribution in [1.82, 2.24) is 0 Å². The minimum Gasteiger partial charge on any atom is -0.393 e. The molecular weight excluding hydrogens is 272 g/mol. The van der Waals surface area contributed by atoms with Gasteiger partial charge in [-0.3, -0.25) is 0 Å². The van der Waals surface area contributed by atoms with Gasteiger partial charge in [-0.15, -0.1) is 0 Å². The van der Waals surface area contributed by atoms with E-state index >= 15 is 0 Å². The smallest absolute Gasteiger partial charge is 0.0675 e. The van der Waals surface area contributed by atoms with E-state index in [-0.39, 0.29) is 11.5 Å².